The Balaban J connectivity index is 1.17. The Morgan fingerprint density at radius 3 is 2.49 bits per heavy atom. The number of hydrogen-bond acceptors (Lipinski definition) is 5. The molecule has 3 heterocycles. The van der Waals surface area contributed by atoms with E-state index in [4.69, 9.17) is 4.74 Å². The molecule has 1 N–H and O–H groups in total. The molecule has 6 rings (SSSR count). The maximum absolute atomic E-state index is 13.0. The number of nitrogens with one attached hydrogen (secondary N) is 1. The van der Waals surface area contributed by atoms with Gasteiger partial charge in [0, 0.05) is 37.2 Å². The second-order valence-electron chi connectivity index (χ2n) is 10.2. The highest BCUT2D eigenvalue weighted by Gasteiger charge is 2.42. The molecule has 0 aromatic heterocycles. The van der Waals surface area contributed by atoms with Crippen molar-refractivity contribution in [3.8, 4) is 5.75 Å². The molecule has 1 aliphatic carbocycles. The molecule has 0 spiro atoms. The van der Waals surface area contributed by atoms with Crippen LogP contribution in [0.15, 0.2) is 48.5 Å². The molecule has 2 aromatic carbocycles. The minimum atomic E-state index is -0.596. The molecule has 4 aliphatic rings. The maximum Gasteiger partial charge on any atom is 0.255 e. The number of rotatable bonds is 5. The summed E-state index contributed by atoms with van der Waals surface area (Å²) in [6.07, 6.45) is 6.49. The van der Waals surface area contributed by atoms with Crippen LogP contribution >= 0.6 is 0 Å². The van der Waals surface area contributed by atoms with Crippen LogP contribution in [0.4, 0.5) is 0 Å². The van der Waals surface area contributed by atoms with Gasteiger partial charge in [0.2, 0.25) is 11.8 Å². The first-order valence-electron chi connectivity index (χ1n) is 12.8. The van der Waals surface area contributed by atoms with Gasteiger partial charge >= 0.3 is 0 Å². The Morgan fingerprint density at radius 2 is 1.71 bits per heavy atom. The quantitative estimate of drug-likeness (QED) is 0.672. The minimum Gasteiger partial charge on any atom is -0.489 e. The van der Waals surface area contributed by atoms with Gasteiger partial charge in [0.15, 0.2) is 0 Å². The molecule has 35 heavy (non-hydrogen) atoms. The molecule has 3 amide bonds. The molecule has 1 unspecified atom stereocenters. The standard InChI is InChI=1S/C28H31N3O4/c32-26-13-12-24(27(33)29-26)31-17-19-16-20(10-11-21(19)28(31)34)35-25-9-5-4-8-23(25)30-15-14-22(30)18-6-2-1-3-7-18/h1-3,6-7,10-11,16,22-25H,4-5,8-9,12-15,17H2,(H,29,32,33)/t22-,23+,24?,25+/m0/s1. The summed E-state index contributed by atoms with van der Waals surface area (Å²) in [7, 11) is 0. The zero-order chi connectivity index (χ0) is 23.9. The number of carbonyl (C=O) groups is 3. The first-order chi connectivity index (χ1) is 17.1. The van der Waals surface area contributed by atoms with E-state index in [-0.39, 0.29) is 30.2 Å². The van der Waals surface area contributed by atoms with Gasteiger partial charge in [-0.1, -0.05) is 36.8 Å². The van der Waals surface area contributed by atoms with Crippen LogP contribution in [0.3, 0.4) is 0 Å². The lowest BCUT2D eigenvalue weighted by molar-refractivity contribution is -0.136. The van der Waals surface area contributed by atoms with Crippen molar-refractivity contribution in [2.75, 3.05) is 6.54 Å². The lowest BCUT2D eigenvalue weighted by Gasteiger charge is -2.50. The van der Waals surface area contributed by atoms with E-state index in [9.17, 15) is 14.4 Å². The maximum atomic E-state index is 13.0. The van der Waals surface area contributed by atoms with Crippen molar-refractivity contribution >= 4 is 17.7 Å². The number of piperidine rings is 1. The van der Waals surface area contributed by atoms with Gasteiger partial charge < -0.3 is 9.64 Å². The van der Waals surface area contributed by atoms with Gasteiger partial charge in [-0.2, -0.15) is 0 Å². The van der Waals surface area contributed by atoms with Crippen molar-refractivity contribution in [3.05, 3.63) is 65.2 Å². The lowest BCUT2D eigenvalue weighted by atomic mass is 9.85. The van der Waals surface area contributed by atoms with Gasteiger partial charge in [0.05, 0.1) is 0 Å². The molecule has 7 heteroatoms. The third-order valence-electron chi connectivity index (χ3n) is 8.12. The number of nitrogens with zero attached hydrogens (tertiary/aromatic N) is 2. The van der Waals surface area contributed by atoms with Crippen molar-refractivity contribution in [2.24, 2.45) is 0 Å². The summed E-state index contributed by atoms with van der Waals surface area (Å²) in [6.45, 7) is 1.47. The summed E-state index contributed by atoms with van der Waals surface area (Å²) in [5, 5.41) is 2.36. The van der Waals surface area contributed by atoms with E-state index in [1.807, 2.05) is 18.2 Å². The van der Waals surface area contributed by atoms with E-state index < -0.39 is 6.04 Å². The zero-order valence-electron chi connectivity index (χ0n) is 19.8. The average Bonchev–Trinajstić information content (AvgIpc) is 3.16. The Bertz CT molecular complexity index is 1150. The van der Waals surface area contributed by atoms with Gasteiger partial charge in [0.1, 0.15) is 17.9 Å². The van der Waals surface area contributed by atoms with Crippen LogP contribution in [0.2, 0.25) is 0 Å². The number of fused-ring (bicyclic) bond motifs is 1. The highest BCUT2D eigenvalue weighted by atomic mass is 16.5. The van der Waals surface area contributed by atoms with Crippen LogP contribution in [0, 0.1) is 0 Å². The van der Waals surface area contributed by atoms with Gasteiger partial charge in [-0.15, -0.1) is 0 Å². The summed E-state index contributed by atoms with van der Waals surface area (Å²) >= 11 is 0. The largest absolute Gasteiger partial charge is 0.489 e. The Kier molecular flexibility index (Phi) is 5.80. The summed E-state index contributed by atoms with van der Waals surface area (Å²) in [6, 6.07) is 16.7. The van der Waals surface area contributed by atoms with Gasteiger partial charge in [-0.3, -0.25) is 24.6 Å². The van der Waals surface area contributed by atoms with Crippen LogP contribution in [0.5, 0.6) is 5.75 Å². The van der Waals surface area contributed by atoms with Crippen molar-refractivity contribution in [1.82, 2.24) is 15.1 Å². The fourth-order valence-corrected chi connectivity index (χ4v) is 6.23. The molecule has 1 saturated carbocycles. The highest BCUT2D eigenvalue weighted by molar-refractivity contribution is 6.05. The number of benzene rings is 2. The molecule has 4 atom stereocenters. The van der Waals surface area contributed by atoms with E-state index >= 15 is 0 Å². The van der Waals surface area contributed by atoms with E-state index in [2.05, 4.69) is 40.5 Å². The number of imide groups is 1. The highest BCUT2D eigenvalue weighted by Crippen LogP contribution is 2.40. The summed E-state index contributed by atoms with van der Waals surface area (Å²) in [5.74, 6) is -0.0190. The molecule has 2 aromatic rings. The topological polar surface area (TPSA) is 79.0 Å². The molecular formula is C28H31N3O4. The van der Waals surface area contributed by atoms with Crippen molar-refractivity contribution < 1.29 is 19.1 Å². The molecule has 0 radical (unpaired) electrons. The van der Waals surface area contributed by atoms with Gasteiger partial charge in [-0.05, 0) is 61.4 Å². The summed E-state index contributed by atoms with van der Waals surface area (Å²) in [5.41, 5.74) is 2.89. The number of amides is 3. The summed E-state index contributed by atoms with van der Waals surface area (Å²) in [4.78, 5) is 41.0. The normalized spacial score (nSPS) is 28.9. The van der Waals surface area contributed by atoms with Crippen LogP contribution in [0.1, 0.15) is 72.5 Å². The van der Waals surface area contributed by atoms with E-state index in [0.717, 1.165) is 37.1 Å². The van der Waals surface area contributed by atoms with Crippen molar-refractivity contribution in [3.63, 3.8) is 0 Å². The Hall–Kier alpha value is -3.19. The summed E-state index contributed by atoms with van der Waals surface area (Å²) < 4.78 is 6.59. The van der Waals surface area contributed by atoms with E-state index in [1.54, 1.807) is 4.90 Å². The molecule has 3 aliphatic heterocycles. The van der Waals surface area contributed by atoms with E-state index in [1.165, 1.54) is 18.4 Å². The monoisotopic (exact) mass is 473 g/mol. The fourth-order valence-electron chi connectivity index (χ4n) is 6.23. The fraction of sp³-hybridized carbons (Fsp3) is 0.464. The molecule has 182 valence electrons. The number of ether oxygens (including phenoxy) is 1. The second kappa shape index (κ2) is 9.11. The van der Waals surface area contributed by atoms with Crippen LogP contribution in [0.25, 0.3) is 0 Å². The van der Waals surface area contributed by atoms with Crippen LogP contribution in [-0.4, -0.2) is 52.3 Å². The first kappa shape index (κ1) is 22.3. The number of carbonyl (C=O) groups excluding carboxylic acids is 3. The van der Waals surface area contributed by atoms with Crippen molar-refractivity contribution in [1.29, 1.82) is 0 Å². The average molecular weight is 474 g/mol. The first-order valence-corrected chi connectivity index (χ1v) is 12.8. The minimum absolute atomic E-state index is 0.122. The predicted molar refractivity (Wildman–Crippen MR) is 130 cm³/mol. The van der Waals surface area contributed by atoms with E-state index in [0.29, 0.717) is 30.6 Å². The molecule has 2 saturated heterocycles. The van der Waals surface area contributed by atoms with Gasteiger partial charge in [0.25, 0.3) is 5.91 Å². The van der Waals surface area contributed by atoms with Gasteiger partial charge in [-0.25, -0.2) is 0 Å². The molecule has 0 bridgehead atoms. The number of hydrogen-bond donors (Lipinski definition) is 1. The van der Waals surface area contributed by atoms with Crippen LogP contribution in [-0.2, 0) is 16.1 Å². The Labute approximate surface area is 205 Å². The molecular weight excluding hydrogens is 442 g/mol. The third-order valence-corrected chi connectivity index (χ3v) is 8.12. The molecule has 7 nitrogen and oxygen atoms in total. The zero-order valence-corrected chi connectivity index (χ0v) is 19.8. The van der Waals surface area contributed by atoms with Crippen molar-refractivity contribution in [2.45, 2.75) is 75.7 Å². The molecule has 3 fully saturated rings. The Morgan fingerprint density at radius 1 is 0.886 bits per heavy atom. The third kappa shape index (κ3) is 4.12. The SMILES string of the molecule is O=C1CCC(N2Cc3cc(O[C@@H]4CCCC[C@H]4N4CC[C@H]4c4ccccc4)ccc3C2=O)C(=O)N1. The predicted octanol–water partition coefficient (Wildman–Crippen LogP) is 3.58. The lowest BCUT2D eigenvalue weighted by Crippen LogP contribution is -2.55. The smallest absolute Gasteiger partial charge is 0.255 e. The second-order valence-corrected chi connectivity index (χ2v) is 10.2. The van der Waals surface area contributed by atoms with Crippen LogP contribution < -0.4 is 10.1 Å². The number of likely N-dealkylation sites (tertiary alicyclic amines) is 1.